The number of hydrogen-bond acceptors (Lipinski definition) is 6. The lowest BCUT2D eigenvalue weighted by Crippen LogP contribution is -2.28. The van der Waals surface area contributed by atoms with Gasteiger partial charge in [0, 0.05) is 23.5 Å². The Hall–Kier alpha value is -3.63. The predicted octanol–water partition coefficient (Wildman–Crippen LogP) is 3.85. The lowest BCUT2D eigenvalue weighted by atomic mass is 10.1. The van der Waals surface area contributed by atoms with Crippen LogP contribution in [0.4, 0.5) is 29.3 Å². The number of rotatable bonds is 7. The molecule has 30 heavy (non-hydrogen) atoms. The van der Waals surface area contributed by atoms with Crippen molar-refractivity contribution in [3.63, 3.8) is 0 Å². The highest BCUT2D eigenvalue weighted by molar-refractivity contribution is 5.77. The normalized spacial score (nSPS) is 11.2. The van der Waals surface area contributed by atoms with Gasteiger partial charge in [0.1, 0.15) is 0 Å². The third-order valence-corrected chi connectivity index (χ3v) is 3.97. The van der Waals surface area contributed by atoms with Crippen molar-refractivity contribution in [3.8, 4) is 11.4 Å². The summed E-state index contributed by atoms with van der Waals surface area (Å²) in [5, 5.41) is 17.9. The van der Waals surface area contributed by atoms with Crippen molar-refractivity contribution in [1.82, 2.24) is 25.5 Å². The van der Waals surface area contributed by atoms with Gasteiger partial charge in [0.05, 0.1) is 18.7 Å². The van der Waals surface area contributed by atoms with E-state index >= 15 is 0 Å². The Morgan fingerprint density at radius 3 is 2.57 bits per heavy atom. The molecule has 1 heterocycles. The first-order valence-electron chi connectivity index (χ1n) is 9.09. The summed E-state index contributed by atoms with van der Waals surface area (Å²) in [5.74, 6) is 0.334. The minimum atomic E-state index is -4.39. The molecule has 0 aliphatic heterocycles. The van der Waals surface area contributed by atoms with Crippen LogP contribution in [0, 0.1) is 0 Å². The summed E-state index contributed by atoms with van der Waals surface area (Å²) in [6.45, 7) is 2.54. The number of nitrogens with one attached hydrogen (secondary N) is 2. The molecule has 0 bridgehead atoms. The van der Waals surface area contributed by atoms with Crippen LogP contribution < -0.4 is 10.6 Å². The van der Waals surface area contributed by atoms with Crippen LogP contribution in [-0.4, -0.2) is 39.5 Å². The summed E-state index contributed by atoms with van der Waals surface area (Å²) < 4.78 is 43.0. The van der Waals surface area contributed by atoms with Gasteiger partial charge in [-0.25, -0.2) is 4.79 Å². The zero-order valence-corrected chi connectivity index (χ0v) is 16.0. The highest BCUT2D eigenvalue weighted by Crippen LogP contribution is 2.32. The van der Waals surface area contributed by atoms with Gasteiger partial charge in [-0.1, -0.05) is 12.1 Å². The molecule has 8 nitrogen and oxygen atoms in total. The first kappa shape index (κ1) is 21.1. The maximum Gasteiger partial charge on any atom is 0.416 e. The summed E-state index contributed by atoms with van der Waals surface area (Å²) in [6, 6.07) is 11.8. The Kier molecular flexibility index (Phi) is 6.50. The van der Waals surface area contributed by atoms with E-state index in [1.54, 1.807) is 31.2 Å². The molecule has 0 fully saturated rings. The van der Waals surface area contributed by atoms with Crippen molar-refractivity contribution < 1.29 is 22.7 Å². The van der Waals surface area contributed by atoms with E-state index in [2.05, 4.69) is 26.0 Å². The molecule has 0 aliphatic carbocycles. The van der Waals surface area contributed by atoms with Gasteiger partial charge in [-0.2, -0.15) is 18.0 Å². The van der Waals surface area contributed by atoms with Crippen LogP contribution in [-0.2, 0) is 17.5 Å². The summed E-state index contributed by atoms with van der Waals surface area (Å²) in [5.41, 5.74) is 1.01. The number of halogens is 3. The zero-order valence-electron chi connectivity index (χ0n) is 16.0. The number of nitrogens with zero attached hydrogens (tertiary/aromatic N) is 4. The molecular formula is C19H19F3N6O2. The Bertz CT molecular complexity index is 988. The first-order valence-corrected chi connectivity index (χ1v) is 9.09. The number of hydrogen-bond donors (Lipinski definition) is 2. The molecule has 11 heteroatoms. The van der Waals surface area contributed by atoms with Gasteiger partial charge in [-0.05, 0) is 48.5 Å². The average molecular weight is 420 g/mol. The molecule has 3 aromatic rings. The molecule has 0 radical (unpaired) electrons. The van der Waals surface area contributed by atoms with E-state index in [0.29, 0.717) is 29.3 Å². The molecule has 0 spiro atoms. The Morgan fingerprint density at radius 1 is 1.13 bits per heavy atom. The third kappa shape index (κ3) is 5.46. The van der Waals surface area contributed by atoms with Gasteiger partial charge in [0.25, 0.3) is 0 Å². The second kappa shape index (κ2) is 9.25. The number of benzene rings is 2. The summed E-state index contributed by atoms with van der Waals surface area (Å²) in [7, 11) is 0. The van der Waals surface area contributed by atoms with Crippen LogP contribution in [0.3, 0.4) is 0 Å². The van der Waals surface area contributed by atoms with Crippen molar-refractivity contribution in [2.45, 2.75) is 19.6 Å². The minimum Gasteiger partial charge on any atom is -0.450 e. The van der Waals surface area contributed by atoms with E-state index < -0.39 is 17.8 Å². The van der Waals surface area contributed by atoms with Crippen molar-refractivity contribution in [2.24, 2.45) is 0 Å². The molecule has 1 aromatic heterocycles. The average Bonchev–Trinajstić information content (AvgIpc) is 3.17. The van der Waals surface area contributed by atoms with Crippen LogP contribution in [0.2, 0.25) is 0 Å². The summed E-state index contributed by atoms with van der Waals surface area (Å²) >= 11 is 0. The van der Waals surface area contributed by atoms with Crippen molar-refractivity contribution in [1.29, 1.82) is 0 Å². The lowest BCUT2D eigenvalue weighted by Gasteiger charge is -2.11. The number of amides is 1. The molecule has 0 aliphatic rings. The van der Waals surface area contributed by atoms with Crippen LogP contribution >= 0.6 is 0 Å². The fourth-order valence-corrected chi connectivity index (χ4v) is 2.57. The van der Waals surface area contributed by atoms with Gasteiger partial charge in [-0.3, -0.25) is 0 Å². The van der Waals surface area contributed by atoms with Gasteiger partial charge < -0.3 is 15.4 Å². The largest absolute Gasteiger partial charge is 0.450 e. The van der Waals surface area contributed by atoms with E-state index in [-0.39, 0.29) is 13.2 Å². The van der Waals surface area contributed by atoms with Crippen molar-refractivity contribution in [2.75, 3.05) is 18.5 Å². The number of alkyl carbamates (subject to hydrolysis) is 1. The van der Waals surface area contributed by atoms with Crippen molar-refractivity contribution >= 4 is 17.5 Å². The van der Waals surface area contributed by atoms with Gasteiger partial charge in [0.15, 0.2) is 0 Å². The van der Waals surface area contributed by atoms with Gasteiger partial charge >= 0.3 is 12.3 Å². The Balaban J connectivity index is 1.70. The highest BCUT2D eigenvalue weighted by Gasteiger charge is 2.29. The number of aromatic nitrogens is 4. The lowest BCUT2D eigenvalue weighted by molar-refractivity contribution is -0.137. The summed E-state index contributed by atoms with van der Waals surface area (Å²) in [6.07, 6.45) is -4.91. The molecule has 0 saturated carbocycles. The molecule has 158 valence electrons. The van der Waals surface area contributed by atoms with E-state index in [9.17, 15) is 18.0 Å². The molecule has 3 rings (SSSR count). The molecule has 2 N–H and O–H groups in total. The molecule has 2 aromatic carbocycles. The Labute approximate surface area is 170 Å². The van der Waals surface area contributed by atoms with Crippen molar-refractivity contribution in [3.05, 3.63) is 54.1 Å². The minimum absolute atomic E-state index is 0.264. The van der Waals surface area contributed by atoms with Crippen LogP contribution in [0.5, 0.6) is 0 Å². The van der Waals surface area contributed by atoms with Crippen LogP contribution in [0.1, 0.15) is 12.5 Å². The molecule has 0 unspecified atom stereocenters. The number of para-hydroxylation sites is 1. The highest BCUT2D eigenvalue weighted by atomic mass is 19.4. The number of carbonyl (C=O) groups excluding carboxylic acids is 1. The molecule has 0 atom stereocenters. The van der Waals surface area contributed by atoms with Crippen LogP contribution in [0.25, 0.3) is 11.4 Å². The molecule has 1 amide bonds. The van der Waals surface area contributed by atoms with E-state index in [4.69, 9.17) is 4.74 Å². The second-order valence-electron chi connectivity index (χ2n) is 6.10. The maximum atomic E-state index is 12.7. The maximum absolute atomic E-state index is 12.7. The number of anilines is 2. The van der Waals surface area contributed by atoms with Gasteiger partial charge in [-0.15, -0.1) is 10.2 Å². The molecular weight excluding hydrogens is 401 g/mol. The van der Waals surface area contributed by atoms with E-state index in [1.807, 2.05) is 0 Å². The summed E-state index contributed by atoms with van der Waals surface area (Å²) in [4.78, 5) is 12.6. The quantitative estimate of drug-likeness (QED) is 0.603. The van der Waals surface area contributed by atoms with Gasteiger partial charge in [0.2, 0.25) is 5.82 Å². The standard InChI is InChI=1S/C19H19F3N6O2/c1-2-30-18(29)23-11-12-28-26-17(25-27-28)15-5-3-4-6-16(15)24-14-9-7-13(8-10-14)19(20,21)22/h3-10,24H,2,11-12H2,1H3,(H,23,29). The van der Waals surface area contributed by atoms with E-state index in [0.717, 1.165) is 12.1 Å². The smallest absolute Gasteiger partial charge is 0.416 e. The monoisotopic (exact) mass is 420 g/mol. The predicted molar refractivity (Wildman–Crippen MR) is 103 cm³/mol. The van der Waals surface area contributed by atoms with E-state index in [1.165, 1.54) is 16.9 Å². The number of tetrazole rings is 1. The first-order chi connectivity index (χ1) is 14.4. The topological polar surface area (TPSA) is 94.0 Å². The zero-order chi connectivity index (χ0) is 21.6. The fourth-order valence-electron chi connectivity index (χ4n) is 2.57. The second-order valence-corrected chi connectivity index (χ2v) is 6.10. The SMILES string of the molecule is CCOC(=O)NCCn1nnc(-c2ccccc2Nc2ccc(C(F)(F)F)cc2)n1. The molecule has 0 saturated heterocycles. The number of ether oxygens (including phenoxy) is 1. The number of alkyl halides is 3. The van der Waals surface area contributed by atoms with Crippen LogP contribution in [0.15, 0.2) is 48.5 Å². The third-order valence-electron chi connectivity index (χ3n) is 3.97. The Morgan fingerprint density at radius 2 is 1.87 bits per heavy atom. The number of carbonyl (C=O) groups is 1. The fraction of sp³-hybridized carbons (Fsp3) is 0.263.